The molecule has 0 aliphatic carbocycles. The SMILES string of the molecule is CCCCCCCCCCCC[C@H](CC(N)=O)C(=O)N(O)[C@H](C(=O)NC(c1ccccc1)c1ccccc1)C(C)(C)C. The second-order valence-corrected chi connectivity index (χ2v) is 12.6. The summed E-state index contributed by atoms with van der Waals surface area (Å²) >= 11 is 0. The summed E-state index contributed by atoms with van der Waals surface area (Å²) in [6.45, 7) is 7.63. The standard InChI is InChI=1S/C35H53N3O4/c1-5-6-7-8-9-10-11-12-13-16-25-29(26-30(36)39)34(41)38(42)32(35(2,3)4)33(40)37-31(27-21-17-14-18-22-27)28-23-19-15-20-24-28/h14-15,17-24,29,31-32,42H,5-13,16,25-26H2,1-4H3,(H2,36,39)(H,37,40)/t29-,32-/m1/s1. The molecule has 0 aliphatic heterocycles. The van der Waals surface area contributed by atoms with Crippen LogP contribution in [-0.4, -0.2) is 34.0 Å². The van der Waals surface area contributed by atoms with Crippen LogP contribution in [0.15, 0.2) is 60.7 Å². The molecule has 2 rings (SSSR count). The Morgan fingerprint density at radius 3 is 1.67 bits per heavy atom. The monoisotopic (exact) mass is 579 g/mol. The fraction of sp³-hybridized carbons (Fsp3) is 0.571. The Balaban J connectivity index is 2.09. The fourth-order valence-corrected chi connectivity index (χ4v) is 5.49. The summed E-state index contributed by atoms with van der Waals surface area (Å²) in [6, 6.07) is 17.5. The first-order valence-electron chi connectivity index (χ1n) is 15.8. The van der Waals surface area contributed by atoms with Gasteiger partial charge in [0.1, 0.15) is 6.04 Å². The normalized spacial score (nSPS) is 13.0. The summed E-state index contributed by atoms with van der Waals surface area (Å²) in [4.78, 5) is 39.3. The first-order valence-corrected chi connectivity index (χ1v) is 15.8. The lowest BCUT2D eigenvalue weighted by molar-refractivity contribution is -0.193. The third-order valence-corrected chi connectivity index (χ3v) is 7.79. The molecule has 0 saturated heterocycles. The number of benzene rings is 2. The summed E-state index contributed by atoms with van der Waals surface area (Å²) in [6.07, 6.45) is 11.8. The molecule has 0 heterocycles. The van der Waals surface area contributed by atoms with Gasteiger partial charge in [-0.25, -0.2) is 5.06 Å². The molecule has 42 heavy (non-hydrogen) atoms. The first kappa shape index (κ1) is 35.0. The Morgan fingerprint density at radius 2 is 1.24 bits per heavy atom. The molecule has 0 aliphatic rings. The van der Waals surface area contributed by atoms with Gasteiger partial charge in [0.15, 0.2) is 0 Å². The van der Waals surface area contributed by atoms with Crippen molar-refractivity contribution in [2.45, 2.75) is 117 Å². The molecular formula is C35H53N3O4. The molecule has 0 bridgehead atoms. The van der Waals surface area contributed by atoms with E-state index in [1.54, 1.807) is 20.8 Å². The van der Waals surface area contributed by atoms with Crippen LogP contribution < -0.4 is 11.1 Å². The van der Waals surface area contributed by atoms with E-state index in [2.05, 4.69) is 12.2 Å². The van der Waals surface area contributed by atoms with Gasteiger partial charge in [-0.05, 0) is 23.0 Å². The molecule has 2 aromatic carbocycles. The van der Waals surface area contributed by atoms with Crippen LogP contribution in [0.5, 0.6) is 0 Å². The number of unbranched alkanes of at least 4 members (excludes halogenated alkanes) is 9. The van der Waals surface area contributed by atoms with Gasteiger partial charge in [0, 0.05) is 12.3 Å². The molecule has 0 radical (unpaired) electrons. The molecular weight excluding hydrogens is 526 g/mol. The minimum absolute atomic E-state index is 0.164. The summed E-state index contributed by atoms with van der Waals surface area (Å²) in [5.74, 6) is -2.50. The fourth-order valence-electron chi connectivity index (χ4n) is 5.49. The highest BCUT2D eigenvalue weighted by atomic mass is 16.5. The minimum Gasteiger partial charge on any atom is -0.370 e. The Hall–Kier alpha value is -3.19. The molecule has 7 heteroatoms. The maximum Gasteiger partial charge on any atom is 0.250 e. The maximum atomic E-state index is 13.8. The number of nitrogens with one attached hydrogen (secondary N) is 1. The Kier molecular flexibility index (Phi) is 15.3. The van der Waals surface area contributed by atoms with Gasteiger partial charge in [-0.3, -0.25) is 19.6 Å². The molecule has 2 aromatic rings. The molecule has 4 N–H and O–H groups in total. The number of hydrogen-bond donors (Lipinski definition) is 3. The zero-order valence-corrected chi connectivity index (χ0v) is 26.2. The lowest BCUT2D eigenvalue weighted by atomic mass is 9.84. The van der Waals surface area contributed by atoms with E-state index < -0.39 is 41.1 Å². The summed E-state index contributed by atoms with van der Waals surface area (Å²) in [5.41, 5.74) is 6.47. The van der Waals surface area contributed by atoms with E-state index >= 15 is 0 Å². The third-order valence-electron chi connectivity index (χ3n) is 7.79. The van der Waals surface area contributed by atoms with E-state index in [9.17, 15) is 19.6 Å². The lowest BCUT2D eigenvalue weighted by Crippen LogP contribution is -2.56. The quantitative estimate of drug-likeness (QED) is 0.0919. The van der Waals surface area contributed by atoms with Gasteiger partial charge in [-0.1, -0.05) is 153 Å². The van der Waals surface area contributed by atoms with Gasteiger partial charge >= 0.3 is 0 Å². The number of rotatable bonds is 19. The van der Waals surface area contributed by atoms with Gasteiger partial charge in [-0.2, -0.15) is 0 Å². The zero-order valence-electron chi connectivity index (χ0n) is 26.2. The number of carbonyl (C=O) groups is 3. The van der Waals surface area contributed by atoms with Crippen molar-refractivity contribution in [1.29, 1.82) is 0 Å². The van der Waals surface area contributed by atoms with Crippen LogP contribution in [0.1, 0.15) is 122 Å². The van der Waals surface area contributed by atoms with Crippen molar-refractivity contribution in [3.63, 3.8) is 0 Å². The molecule has 0 unspecified atom stereocenters. The predicted octanol–water partition coefficient (Wildman–Crippen LogP) is 7.33. The number of carbonyl (C=O) groups excluding carboxylic acids is 3. The van der Waals surface area contributed by atoms with Crippen LogP contribution in [0.2, 0.25) is 0 Å². The highest BCUT2D eigenvalue weighted by Crippen LogP contribution is 2.29. The minimum atomic E-state index is -1.18. The van der Waals surface area contributed by atoms with Crippen LogP contribution in [0, 0.1) is 11.3 Å². The van der Waals surface area contributed by atoms with Crippen molar-refractivity contribution in [2.75, 3.05) is 0 Å². The van der Waals surface area contributed by atoms with E-state index in [-0.39, 0.29) is 6.42 Å². The van der Waals surface area contributed by atoms with Crippen molar-refractivity contribution < 1.29 is 19.6 Å². The first-order chi connectivity index (χ1) is 20.1. The van der Waals surface area contributed by atoms with E-state index in [0.29, 0.717) is 11.5 Å². The van der Waals surface area contributed by atoms with E-state index in [4.69, 9.17) is 5.73 Å². The van der Waals surface area contributed by atoms with Crippen LogP contribution in [0.25, 0.3) is 0 Å². The molecule has 0 aromatic heterocycles. The third kappa shape index (κ3) is 12.0. The molecule has 232 valence electrons. The van der Waals surface area contributed by atoms with Crippen LogP contribution in [-0.2, 0) is 14.4 Å². The smallest absolute Gasteiger partial charge is 0.250 e. The van der Waals surface area contributed by atoms with Crippen molar-refractivity contribution >= 4 is 17.7 Å². The van der Waals surface area contributed by atoms with Gasteiger partial charge in [-0.15, -0.1) is 0 Å². The van der Waals surface area contributed by atoms with Crippen molar-refractivity contribution in [3.05, 3.63) is 71.8 Å². The highest BCUT2D eigenvalue weighted by Gasteiger charge is 2.41. The van der Waals surface area contributed by atoms with Gasteiger partial charge in [0.25, 0.3) is 0 Å². The Bertz CT molecular complexity index is 1030. The molecule has 7 nitrogen and oxygen atoms in total. The van der Waals surface area contributed by atoms with Crippen molar-refractivity contribution in [2.24, 2.45) is 17.1 Å². The lowest BCUT2D eigenvalue weighted by Gasteiger charge is -2.37. The topological polar surface area (TPSA) is 113 Å². The summed E-state index contributed by atoms with van der Waals surface area (Å²) in [7, 11) is 0. The number of nitrogens with two attached hydrogens (primary N) is 1. The van der Waals surface area contributed by atoms with E-state index in [1.165, 1.54) is 38.5 Å². The number of hydroxylamine groups is 2. The highest BCUT2D eigenvalue weighted by molar-refractivity contribution is 5.90. The molecule has 0 saturated carbocycles. The zero-order chi connectivity index (χ0) is 31.0. The van der Waals surface area contributed by atoms with Crippen LogP contribution in [0.3, 0.4) is 0 Å². The van der Waals surface area contributed by atoms with Crippen LogP contribution >= 0.6 is 0 Å². The second-order valence-electron chi connectivity index (χ2n) is 12.6. The van der Waals surface area contributed by atoms with E-state index in [0.717, 1.165) is 36.8 Å². The Morgan fingerprint density at radius 1 is 0.786 bits per heavy atom. The summed E-state index contributed by atoms with van der Waals surface area (Å²) in [5, 5.41) is 14.9. The van der Waals surface area contributed by atoms with Gasteiger partial charge in [0.05, 0.1) is 6.04 Å². The van der Waals surface area contributed by atoms with Crippen molar-refractivity contribution in [1.82, 2.24) is 10.4 Å². The molecule has 3 amide bonds. The van der Waals surface area contributed by atoms with Gasteiger partial charge < -0.3 is 11.1 Å². The summed E-state index contributed by atoms with van der Waals surface area (Å²) < 4.78 is 0. The predicted molar refractivity (Wildman–Crippen MR) is 169 cm³/mol. The van der Waals surface area contributed by atoms with Crippen LogP contribution in [0.4, 0.5) is 0 Å². The molecule has 0 fully saturated rings. The maximum absolute atomic E-state index is 13.8. The average molecular weight is 580 g/mol. The van der Waals surface area contributed by atoms with Gasteiger partial charge in [0.2, 0.25) is 17.7 Å². The van der Waals surface area contributed by atoms with Crippen molar-refractivity contribution in [3.8, 4) is 0 Å². The number of primary amides is 1. The largest absolute Gasteiger partial charge is 0.370 e. The Labute approximate surface area is 253 Å². The number of hydrogen-bond acceptors (Lipinski definition) is 4. The molecule has 0 spiro atoms. The average Bonchev–Trinajstić information content (AvgIpc) is 2.96. The van der Waals surface area contributed by atoms with E-state index in [1.807, 2.05) is 60.7 Å². The second kappa shape index (κ2) is 18.4. The molecule has 2 atom stereocenters. The number of nitrogens with zero attached hydrogens (tertiary/aromatic N) is 1. The number of amides is 3.